The van der Waals surface area contributed by atoms with Gasteiger partial charge in [-0.3, -0.25) is 9.59 Å². The molecule has 0 unspecified atom stereocenters. The molecule has 0 bridgehead atoms. The number of hydrogen-bond acceptors (Lipinski definition) is 4. The van der Waals surface area contributed by atoms with Gasteiger partial charge in [0.25, 0.3) is 11.8 Å². The fourth-order valence-electron chi connectivity index (χ4n) is 4.09. The molecule has 2 heterocycles. The third-order valence-electron chi connectivity index (χ3n) is 5.69. The molecule has 142 valence electrons. The molecule has 1 aromatic carbocycles. The second kappa shape index (κ2) is 8.54. The Balaban J connectivity index is 1.54. The predicted octanol–water partition coefficient (Wildman–Crippen LogP) is 1.89. The van der Waals surface area contributed by atoms with E-state index in [0.717, 1.165) is 25.9 Å². The van der Waals surface area contributed by atoms with E-state index >= 15 is 0 Å². The average molecular weight is 359 g/mol. The fourth-order valence-corrected chi connectivity index (χ4v) is 4.09. The lowest BCUT2D eigenvalue weighted by molar-refractivity contribution is -0.119. The van der Waals surface area contributed by atoms with Crippen molar-refractivity contribution in [2.45, 2.75) is 38.6 Å². The first kappa shape index (κ1) is 18.7. The van der Waals surface area contributed by atoms with Gasteiger partial charge >= 0.3 is 0 Å². The predicted molar refractivity (Wildman–Crippen MR) is 100 cm³/mol. The van der Waals surface area contributed by atoms with Crippen molar-refractivity contribution in [3.8, 4) is 5.75 Å². The molecular weight excluding hydrogens is 330 g/mol. The van der Waals surface area contributed by atoms with Crippen LogP contribution in [0.1, 0.15) is 43.0 Å². The van der Waals surface area contributed by atoms with E-state index in [9.17, 15) is 9.59 Å². The zero-order valence-corrected chi connectivity index (χ0v) is 15.5. The Hall–Kier alpha value is -2.08. The van der Waals surface area contributed by atoms with Crippen molar-refractivity contribution in [2.24, 2.45) is 11.7 Å². The Kier molecular flexibility index (Phi) is 6.14. The van der Waals surface area contributed by atoms with Gasteiger partial charge in [0.1, 0.15) is 5.75 Å². The maximum Gasteiger partial charge on any atom is 0.255 e. The van der Waals surface area contributed by atoms with Gasteiger partial charge in [-0.1, -0.05) is 6.07 Å². The maximum atomic E-state index is 12.8. The normalized spacial score (nSPS) is 20.1. The minimum atomic E-state index is -0.532. The highest BCUT2D eigenvalue weighted by atomic mass is 16.5. The number of benzene rings is 1. The van der Waals surface area contributed by atoms with Crippen molar-refractivity contribution in [1.82, 2.24) is 9.80 Å². The SMILES string of the molecule is C[C@@H](C1CCN(C(=O)c2cccc(OCC(N)=O)c2)CC1)N1CCCC1. The lowest BCUT2D eigenvalue weighted by atomic mass is 9.89. The molecule has 2 aliphatic heterocycles. The van der Waals surface area contributed by atoms with Crippen LogP contribution < -0.4 is 10.5 Å². The Bertz CT molecular complexity index is 635. The van der Waals surface area contributed by atoms with Gasteiger partial charge in [0.05, 0.1) is 0 Å². The maximum absolute atomic E-state index is 12.8. The highest BCUT2D eigenvalue weighted by molar-refractivity contribution is 5.94. The van der Waals surface area contributed by atoms with Crippen LogP contribution in [0, 0.1) is 5.92 Å². The Labute approximate surface area is 155 Å². The van der Waals surface area contributed by atoms with E-state index in [-0.39, 0.29) is 12.5 Å². The van der Waals surface area contributed by atoms with Gasteiger partial charge < -0.3 is 20.3 Å². The van der Waals surface area contributed by atoms with E-state index in [1.807, 2.05) is 4.90 Å². The summed E-state index contributed by atoms with van der Waals surface area (Å²) in [5.74, 6) is 0.660. The van der Waals surface area contributed by atoms with Crippen LogP contribution in [0.25, 0.3) is 0 Å². The summed E-state index contributed by atoms with van der Waals surface area (Å²) in [5.41, 5.74) is 5.69. The molecule has 6 heteroatoms. The van der Waals surface area contributed by atoms with Gasteiger partial charge in [0.2, 0.25) is 0 Å². The Morgan fingerprint density at radius 2 is 1.88 bits per heavy atom. The molecule has 6 nitrogen and oxygen atoms in total. The highest BCUT2D eigenvalue weighted by Crippen LogP contribution is 2.27. The van der Waals surface area contributed by atoms with Crippen LogP contribution >= 0.6 is 0 Å². The van der Waals surface area contributed by atoms with E-state index in [0.29, 0.717) is 23.3 Å². The smallest absolute Gasteiger partial charge is 0.255 e. The van der Waals surface area contributed by atoms with E-state index in [1.54, 1.807) is 24.3 Å². The zero-order valence-electron chi connectivity index (χ0n) is 15.5. The van der Waals surface area contributed by atoms with Crippen LogP contribution in [-0.2, 0) is 4.79 Å². The van der Waals surface area contributed by atoms with Gasteiger partial charge in [0, 0.05) is 24.7 Å². The van der Waals surface area contributed by atoms with Gasteiger partial charge in [0.15, 0.2) is 6.61 Å². The molecule has 2 aliphatic rings. The number of hydrogen-bond donors (Lipinski definition) is 1. The molecule has 2 N–H and O–H groups in total. The van der Waals surface area contributed by atoms with E-state index in [4.69, 9.17) is 10.5 Å². The summed E-state index contributed by atoms with van der Waals surface area (Å²) in [7, 11) is 0. The average Bonchev–Trinajstić information content (AvgIpc) is 3.20. The standard InChI is InChI=1S/C20H29N3O3/c1-15(22-9-2-3-10-22)16-7-11-23(12-8-16)20(25)17-5-4-6-18(13-17)26-14-19(21)24/h4-6,13,15-16H,2-3,7-12,14H2,1H3,(H2,21,24)/t15-/m0/s1. The van der Waals surface area contributed by atoms with Gasteiger partial charge in [-0.05, 0) is 69.8 Å². The van der Waals surface area contributed by atoms with Crippen LogP contribution in [0.4, 0.5) is 0 Å². The summed E-state index contributed by atoms with van der Waals surface area (Å²) in [4.78, 5) is 28.2. The first-order chi connectivity index (χ1) is 12.5. The van der Waals surface area contributed by atoms with Crippen molar-refractivity contribution in [2.75, 3.05) is 32.8 Å². The minimum absolute atomic E-state index is 0.0294. The van der Waals surface area contributed by atoms with Crippen LogP contribution in [0.2, 0.25) is 0 Å². The number of likely N-dealkylation sites (tertiary alicyclic amines) is 2. The second-order valence-corrected chi connectivity index (χ2v) is 7.40. The van der Waals surface area contributed by atoms with Crippen LogP contribution in [-0.4, -0.2) is 60.4 Å². The molecule has 0 saturated carbocycles. The number of ether oxygens (including phenoxy) is 1. The number of nitrogens with two attached hydrogens (primary N) is 1. The molecule has 0 spiro atoms. The molecule has 0 radical (unpaired) electrons. The van der Waals surface area contributed by atoms with Gasteiger partial charge in [-0.2, -0.15) is 0 Å². The quantitative estimate of drug-likeness (QED) is 0.841. The third kappa shape index (κ3) is 4.55. The Morgan fingerprint density at radius 3 is 2.54 bits per heavy atom. The summed E-state index contributed by atoms with van der Waals surface area (Å²) >= 11 is 0. The molecule has 2 fully saturated rings. The Morgan fingerprint density at radius 1 is 1.19 bits per heavy atom. The molecule has 3 rings (SSSR count). The molecule has 0 aromatic heterocycles. The minimum Gasteiger partial charge on any atom is -0.484 e. The van der Waals surface area contributed by atoms with Crippen LogP contribution in [0.3, 0.4) is 0 Å². The molecule has 1 atom stereocenters. The van der Waals surface area contributed by atoms with Crippen molar-refractivity contribution in [3.05, 3.63) is 29.8 Å². The first-order valence-electron chi connectivity index (χ1n) is 9.59. The zero-order chi connectivity index (χ0) is 18.5. The second-order valence-electron chi connectivity index (χ2n) is 7.40. The van der Waals surface area contributed by atoms with Gasteiger partial charge in [-0.25, -0.2) is 0 Å². The molecular formula is C20H29N3O3. The highest BCUT2D eigenvalue weighted by Gasteiger charge is 2.30. The first-order valence-corrected chi connectivity index (χ1v) is 9.59. The van der Waals surface area contributed by atoms with Crippen molar-refractivity contribution in [3.63, 3.8) is 0 Å². The largest absolute Gasteiger partial charge is 0.484 e. The number of amides is 2. The topological polar surface area (TPSA) is 75.9 Å². The summed E-state index contributed by atoms with van der Waals surface area (Å²) < 4.78 is 5.30. The van der Waals surface area contributed by atoms with E-state index in [2.05, 4.69) is 11.8 Å². The van der Waals surface area contributed by atoms with E-state index in [1.165, 1.54) is 25.9 Å². The van der Waals surface area contributed by atoms with Gasteiger partial charge in [-0.15, -0.1) is 0 Å². The van der Waals surface area contributed by atoms with Crippen LogP contribution in [0.5, 0.6) is 5.75 Å². The van der Waals surface area contributed by atoms with Crippen molar-refractivity contribution in [1.29, 1.82) is 0 Å². The fraction of sp³-hybridized carbons (Fsp3) is 0.600. The molecule has 2 saturated heterocycles. The molecule has 2 amide bonds. The lowest BCUT2D eigenvalue weighted by Crippen LogP contribution is -2.45. The molecule has 0 aliphatic carbocycles. The number of primary amides is 1. The lowest BCUT2D eigenvalue weighted by Gasteiger charge is -2.38. The summed E-state index contributed by atoms with van der Waals surface area (Å²) in [5, 5.41) is 0. The summed E-state index contributed by atoms with van der Waals surface area (Å²) in [6.07, 6.45) is 4.74. The number of nitrogens with zero attached hydrogens (tertiary/aromatic N) is 2. The molecule has 1 aromatic rings. The number of rotatable bonds is 6. The number of piperidine rings is 1. The monoisotopic (exact) mass is 359 g/mol. The molecule has 26 heavy (non-hydrogen) atoms. The van der Waals surface area contributed by atoms with Crippen molar-refractivity contribution < 1.29 is 14.3 Å². The van der Waals surface area contributed by atoms with Crippen molar-refractivity contribution >= 4 is 11.8 Å². The van der Waals surface area contributed by atoms with Crippen LogP contribution in [0.15, 0.2) is 24.3 Å². The summed E-state index contributed by atoms with van der Waals surface area (Å²) in [6.45, 7) is 6.20. The number of carbonyl (C=O) groups excluding carboxylic acids is 2. The third-order valence-corrected chi connectivity index (χ3v) is 5.69. The summed E-state index contributed by atoms with van der Waals surface area (Å²) in [6, 6.07) is 7.58. The number of carbonyl (C=O) groups is 2. The van der Waals surface area contributed by atoms with E-state index < -0.39 is 5.91 Å².